The fourth-order valence-electron chi connectivity index (χ4n) is 5.71. The zero-order valence-corrected chi connectivity index (χ0v) is 14.5. The highest BCUT2D eigenvalue weighted by atomic mass is 16.3. The number of aliphatic hydroxyl groups excluding tert-OH is 1. The lowest BCUT2D eigenvalue weighted by molar-refractivity contribution is -0.153. The molecule has 0 aromatic carbocycles. The van der Waals surface area contributed by atoms with Gasteiger partial charge >= 0.3 is 0 Å². The van der Waals surface area contributed by atoms with E-state index < -0.39 is 6.10 Å². The maximum absolute atomic E-state index is 12.4. The number of Topliss-reactive ketones (excluding diaryl/α,β-unsaturated/α-hetero) is 1. The fraction of sp³-hybridized carbons (Fsp3) is 0.750. The molecule has 4 unspecified atom stereocenters. The van der Waals surface area contributed by atoms with Gasteiger partial charge in [-0.3, -0.25) is 4.79 Å². The lowest BCUT2D eigenvalue weighted by Gasteiger charge is -2.57. The van der Waals surface area contributed by atoms with Crippen LogP contribution in [0.15, 0.2) is 23.8 Å². The summed E-state index contributed by atoms with van der Waals surface area (Å²) in [6.07, 6.45) is 7.39. The van der Waals surface area contributed by atoms with Crippen LogP contribution in [0.5, 0.6) is 0 Å². The van der Waals surface area contributed by atoms with Crippen molar-refractivity contribution in [2.75, 3.05) is 0 Å². The van der Waals surface area contributed by atoms with E-state index in [4.69, 9.17) is 0 Å². The summed E-state index contributed by atoms with van der Waals surface area (Å²) in [5, 5.41) is 10.4. The van der Waals surface area contributed by atoms with Crippen LogP contribution in [0.3, 0.4) is 0 Å². The molecule has 0 aromatic heterocycles. The first-order chi connectivity index (χ1) is 10.1. The summed E-state index contributed by atoms with van der Waals surface area (Å²) in [4.78, 5) is 12.4. The third-order valence-electron chi connectivity index (χ3n) is 7.13. The maximum atomic E-state index is 12.4. The van der Waals surface area contributed by atoms with Gasteiger partial charge in [-0.05, 0) is 48.9 Å². The van der Waals surface area contributed by atoms with E-state index in [1.807, 2.05) is 0 Å². The molecule has 4 atom stereocenters. The van der Waals surface area contributed by atoms with Gasteiger partial charge in [-0.25, -0.2) is 0 Å². The molecule has 0 bridgehead atoms. The Hall–Kier alpha value is -0.890. The van der Waals surface area contributed by atoms with Crippen LogP contribution in [0.4, 0.5) is 0 Å². The van der Waals surface area contributed by atoms with E-state index in [1.165, 1.54) is 5.57 Å². The van der Waals surface area contributed by atoms with Crippen LogP contribution in [0.1, 0.15) is 66.2 Å². The van der Waals surface area contributed by atoms with Crippen molar-refractivity contribution in [2.24, 2.45) is 22.2 Å². The summed E-state index contributed by atoms with van der Waals surface area (Å²) in [6, 6.07) is 0. The van der Waals surface area contributed by atoms with E-state index in [0.29, 0.717) is 12.3 Å². The zero-order valence-electron chi connectivity index (χ0n) is 14.5. The normalized spacial score (nSPS) is 44.3. The van der Waals surface area contributed by atoms with E-state index in [-0.39, 0.29) is 22.0 Å². The molecule has 22 heavy (non-hydrogen) atoms. The quantitative estimate of drug-likeness (QED) is 0.727. The Morgan fingerprint density at radius 2 is 1.86 bits per heavy atom. The molecule has 3 rings (SSSR count). The molecule has 0 radical (unpaired) electrons. The molecule has 1 fully saturated rings. The van der Waals surface area contributed by atoms with Gasteiger partial charge in [0, 0.05) is 11.8 Å². The summed E-state index contributed by atoms with van der Waals surface area (Å²) in [5.41, 5.74) is 2.97. The van der Waals surface area contributed by atoms with Gasteiger partial charge in [0.1, 0.15) is 6.10 Å². The lowest BCUT2D eigenvalue weighted by Crippen LogP contribution is -2.56. The molecule has 0 aliphatic heterocycles. The van der Waals surface area contributed by atoms with Gasteiger partial charge in [-0.1, -0.05) is 44.9 Å². The predicted octanol–water partition coefficient (Wildman–Crippen LogP) is 4.44. The second kappa shape index (κ2) is 4.80. The monoisotopic (exact) mass is 302 g/mol. The average molecular weight is 302 g/mol. The van der Waals surface area contributed by atoms with Crippen LogP contribution < -0.4 is 0 Å². The fourth-order valence-corrected chi connectivity index (χ4v) is 5.71. The van der Waals surface area contributed by atoms with Crippen LogP contribution in [0.25, 0.3) is 0 Å². The Balaban J connectivity index is 2.04. The maximum Gasteiger partial charge on any atom is 0.162 e. The summed E-state index contributed by atoms with van der Waals surface area (Å²) >= 11 is 0. The predicted molar refractivity (Wildman–Crippen MR) is 89.4 cm³/mol. The molecule has 3 aliphatic carbocycles. The summed E-state index contributed by atoms with van der Waals surface area (Å²) in [7, 11) is 0. The summed E-state index contributed by atoms with van der Waals surface area (Å²) in [6.45, 7) is 12.8. The Bertz CT molecular complexity index is 556. The van der Waals surface area contributed by atoms with Crippen LogP contribution in [0, 0.1) is 22.2 Å². The molecule has 0 aromatic rings. The van der Waals surface area contributed by atoms with Gasteiger partial charge in [-0.15, -0.1) is 6.58 Å². The number of hydrogen-bond acceptors (Lipinski definition) is 2. The third-order valence-corrected chi connectivity index (χ3v) is 7.13. The van der Waals surface area contributed by atoms with Crippen molar-refractivity contribution in [2.45, 2.75) is 72.3 Å². The highest BCUT2D eigenvalue weighted by Crippen LogP contribution is 2.62. The highest BCUT2D eigenvalue weighted by molar-refractivity contribution is 5.86. The number of fused-ring (bicyclic) bond motifs is 2. The molecule has 0 amide bonds. The van der Waals surface area contributed by atoms with Gasteiger partial charge in [0.05, 0.1) is 0 Å². The van der Waals surface area contributed by atoms with Crippen LogP contribution in [0.2, 0.25) is 0 Å². The first-order valence-corrected chi connectivity index (χ1v) is 8.70. The van der Waals surface area contributed by atoms with E-state index in [1.54, 1.807) is 5.57 Å². The number of aliphatic hydroxyl groups is 1. The number of ketones is 1. The van der Waals surface area contributed by atoms with Crippen molar-refractivity contribution in [3.8, 4) is 0 Å². The average Bonchev–Trinajstić information content (AvgIpc) is 2.44. The Kier molecular flexibility index (Phi) is 3.49. The van der Waals surface area contributed by atoms with Crippen molar-refractivity contribution < 1.29 is 9.90 Å². The largest absolute Gasteiger partial charge is 0.385 e. The van der Waals surface area contributed by atoms with Gasteiger partial charge in [-0.2, -0.15) is 0 Å². The molecule has 3 aliphatic rings. The van der Waals surface area contributed by atoms with Crippen molar-refractivity contribution in [1.29, 1.82) is 0 Å². The minimum Gasteiger partial charge on any atom is -0.385 e. The van der Waals surface area contributed by atoms with E-state index in [9.17, 15) is 9.90 Å². The second-order valence-corrected chi connectivity index (χ2v) is 8.99. The SMILES string of the molecule is C=CC1(C)CCC2=C(CCC3C2(C)CC(=O)C(O)C3(C)C)C1. The van der Waals surface area contributed by atoms with Crippen molar-refractivity contribution in [3.63, 3.8) is 0 Å². The number of rotatable bonds is 1. The molecular weight excluding hydrogens is 272 g/mol. The van der Waals surface area contributed by atoms with Gasteiger partial charge in [0.25, 0.3) is 0 Å². The first-order valence-electron chi connectivity index (χ1n) is 8.70. The molecule has 2 heteroatoms. The zero-order chi connectivity index (χ0) is 16.3. The van der Waals surface area contributed by atoms with Crippen molar-refractivity contribution in [3.05, 3.63) is 23.8 Å². The minimum atomic E-state index is -0.797. The van der Waals surface area contributed by atoms with E-state index in [2.05, 4.69) is 40.3 Å². The molecule has 0 heterocycles. The van der Waals surface area contributed by atoms with Crippen LogP contribution in [-0.2, 0) is 4.79 Å². The smallest absolute Gasteiger partial charge is 0.162 e. The van der Waals surface area contributed by atoms with E-state index in [0.717, 1.165) is 32.1 Å². The number of allylic oxidation sites excluding steroid dienone is 3. The highest BCUT2D eigenvalue weighted by Gasteiger charge is 2.57. The summed E-state index contributed by atoms with van der Waals surface area (Å²) in [5.74, 6) is 0.439. The molecule has 122 valence electrons. The Labute approximate surface area is 134 Å². The Morgan fingerprint density at radius 1 is 1.18 bits per heavy atom. The van der Waals surface area contributed by atoms with E-state index >= 15 is 0 Å². The van der Waals surface area contributed by atoms with Gasteiger partial charge in [0.2, 0.25) is 0 Å². The number of hydrogen-bond donors (Lipinski definition) is 1. The molecular formula is C20H30O2. The molecule has 0 saturated heterocycles. The molecule has 1 N–H and O–H groups in total. The number of carbonyl (C=O) groups is 1. The van der Waals surface area contributed by atoms with Crippen molar-refractivity contribution in [1.82, 2.24) is 0 Å². The van der Waals surface area contributed by atoms with Crippen LogP contribution >= 0.6 is 0 Å². The lowest BCUT2D eigenvalue weighted by atomic mass is 9.47. The standard InChI is InChI=1S/C20H30O2/c1-6-19(4)10-9-14-13(11-19)7-8-16-18(2,3)17(22)15(21)12-20(14,16)5/h6,16-17,22H,1,7-12H2,2-5H3. The van der Waals surface area contributed by atoms with Gasteiger partial charge in [0.15, 0.2) is 5.78 Å². The van der Waals surface area contributed by atoms with Crippen molar-refractivity contribution >= 4 is 5.78 Å². The molecule has 0 spiro atoms. The van der Waals surface area contributed by atoms with Crippen LogP contribution in [-0.4, -0.2) is 17.0 Å². The summed E-state index contributed by atoms with van der Waals surface area (Å²) < 4.78 is 0. The number of carbonyl (C=O) groups excluding carboxylic acids is 1. The third kappa shape index (κ3) is 2.06. The second-order valence-electron chi connectivity index (χ2n) is 8.99. The molecule has 1 saturated carbocycles. The topological polar surface area (TPSA) is 37.3 Å². The Morgan fingerprint density at radius 3 is 2.50 bits per heavy atom. The minimum absolute atomic E-state index is 0.0366. The first kappa shape index (κ1) is 16.0. The van der Waals surface area contributed by atoms with Gasteiger partial charge < -0.3 is 5.11 Å². The molecule has 2 nitrogen and oxygen atoms in total.